The molecule has 5 nitrogen and oxygen atoms in total. The normalized spacial score (nSPS) is 15.5. The summed E-state index contributed by atoms with van der Waals surface area (Å²) in [6.07, 6.45) is 1.74. The molecule has 0 radical (unpaired) electrons. The summed E-state index contributed by atoms with van der Waals surface area (Å²) >= 11 is 1.59. The lowest BCUT2D eigenvalue weighted by atomic mass is 10.1. The summed E-state index contributed by atoms with van der Waals surface area (Å²) in [5.74, 6) is 0.874. The molecule has 0 unspecified atom stereocenters. The summed E-state index contributed by atoms with van der Waals surface area (Å²) in [6, 6.07) is 11.9. The van der Waals surface area contributed by atoms with Gasteiger partial charge in [0, 0.05) is 41.6 Å². The number of amides is 1. The number of anilines is 2. The smallest absolute Gasteiger partial charge is 0.257 e. The number of pyridine rings is 1. The van der Waals surface area contributed by atoms with Gasteiger partial charge in [0.25, 0.3) is 5.91 Å². The number of hydrogen-bond acceptors (Lipinski definition) is 5. The minimum atomic E-state index is -0.0911. The second-order valence-electron chi connectivity index (χ2n) is 6.30. The van der Waals surface area contributed by atoms with Gasteiger partial charge < -0.3 is 15.1 Å². The first kappa shape index (κ1) is 16.1. The van der Waals surface area contributed by atoms with E-state index in [0.717, 1.165) is 47.8 Å². The third-order valence-electron chi connectivity index (χ3n) is 4.56. The van der Waals surface area contributed by atoms with E-state index in [9.17, 15) is 4.79 Å². The van der Waals surface area contributed by atoms with Crippen LogP contribution in [0.15, 0.2) is 48.0 Å². The molecule has 0 saturated carbocycles. The lowest BCUT2D eigenvalue weighted by molar-refractivity contribution is 0.102. The fraction of sp³-hybridized carbons (Fsp3) is 0.263. The van der Waals surface area contributed by atoms with E-state index in [2.05, 4.69) is 27.1 Å². The Bertz CT molecular complexity index is 882. The van der Waals surface area contributed by atoms with Crippen LogP contribution in [0.25, 0.3) is 10.1 Å². The van der Waals surface area contributed by atoms with Gasteiger partial charge in [-0.25, -0.2) is 4.98 Å². The van der Waals surface area contributed by atoms with Crippen LogP contribution in [-0.2, 0) is 0 Å². The van der Waals surface area contributed by atoms with Crippen LogP contribution in [0, 0.1) is 0 Å². The molecule has 0 bridgehead atoms. The number of hydrogen-bond donors (Lipinski definition) is 1. The Kier molecular flexibility index (Phi) is 4.38. The van der Waals surface area contributed by atoms with Crippen molar-refractivity contribution in [1.29, 1.82) is 0 Å². The van der Waals surface area contributed by atoms with Gasteiger partial charge in [-0.1, -0.05) is 18.2 Å². The van der Waals surface area contributed by atoms with E-state index in [1.807, 2.05) is 41.8 Å². The van der Waals surface area contributed by atoms with Gasteiger partial charge in [-0.2, -0.15) is 0 Å². The first-order valence-corrected chi connectivity index (χ1v) is 9.26. The van der Waals surface area contributed by atoms with Gasteiger partial charge in [0.1, 0.15) is 5.82 Å². The molecule has 0 spiro atoms. The van der Waals surface area contributed by atoms with Crippen LogP contribution in [0.1, 0.15) is 10.4 Å². The number of carbonyl (C=O) groups excluding carboxylic acids is 1. The van der Waals surface area contributed by atoms with Crippen LogP contribution in [0.4, 0.5) is 11.5 Å². The maximum absolute atomic E-state index is 12.6. The van der Waals surface area contributed by atoms with Crippen molar-refractivity contribution in [3.8, 4) is 0 Å². The molecule has 6 heteroatoms. The van der Waals surface area contributed by atoms with Crippen LogP contribution in [0.5, 0.6) is 0 Å². The minimum absolute atomic E-state index is 0.0911. The molecule has 4 rings (SSSR count). The van der Waals surface area contributed by atoms with Gasteiger partial charge >= 0.3 is 0 Å². The fourth-order valence-corrected chi connectivity index (χ4v) is 3.98. The molecule has 2 aromatic heterocycles. The van der Waals surface area contributed by atoms with Crippen molar-refractivity contribution >= 4 is 38.8 Å². The van der Waals surface area contributed by atoms with Gasteiger partial charge in [-0.15, -0.1) is 11.3 Å². The Hall–Kier alpha value is -2.44. The summed E-state index contributed by atoms with van der Waals surface area (Å²) < 4.78 is 1.12. The zero-order chi connectivity index (χ0) is 17.2. The summed E-state index contributed by atoms with van der Waals surface area (Å²) in [4.78, 5) is 21.7. The Morgan fingerprint density at radius 2 is 1.92 bits per heavy atom. The summed E-state index contributed by atoms with van der Waals surface area (Å²) in [5, 5.41) is 5.85. The number of fused-ring (bicyclic) bond motifs is 1. The Balaban J connectivity index is 1.46. The third kappa shape index (κ3) is 3.36. The lowest BCUT2D eigenvalue weighted by Crippen LogP contribution is -2.44. The first-order valence-electron chi connectivity index (χ1n) is 8.38. The van der Waals surface area contributed by atoms with E-state index in [4.69, 9.17) is 0 Å². The highest BCUT2D eigenvalue weighted by molar-refractivity contribution is 7.17. The first-order chi connectivity index (χ1) is 12.2. The zero-order valence-corrected chi connectivity index (χ0v) is 14.9. The molecule has 1 aromatic carbocycles. The molecule has 3 aromatic rings. The average molecular weight is 352 g/mol. The maximum Gasteiger partial charge on any atom is 0.257 e. The van der Waals surface area contributed by atoms with Crippen LogP contribution in [-0.4, -0.2) is 49.0 Å². The monoisotopic (exact) mass is 352 g/mol. The number of piperazine rings is 1. The summed E-state index contributed by atoms with van der Waals surface area (Å²) in [5.41, 5.74) is 1.43. The molecule has 1 fully saturated rings. The average Bonchev–Trinajstić information content (AvgIpc) is 3.07. The lowest BCUT2D eigenvalue weighted by Gasteiger charge is -2.33. The van der Waals surface area contributed by atoms with Crippen molar-refractivity contribution in [1.82, 2.24) is 9.88 Å². The topological polar surface area (TPSA) is 48.5 Å². The van der Waals surface area contributed by atoms with E-state index < -0.39 is 0 Å². The molecule has 3 heterocycles. The van der Waals surface area contributed by atoms with Crippen molar-refractivity contribution < 1.29 is 4.79 Å². The maximum atomic E-state index is 12.6. The molecular weight excluding hydrogens is 332 g/mol. The number of carbonyl (C=O) groups is 1. The molecule has 128 valence electrons. The van der Waals surface area contributed by atoms with Crippen LogP contribution >= 0.6 is 11.3 Å². The molecule has 1 amide bonds. The van der Waals surface area contributed by atoms with Crippen LogP contribution in [0.2, 0.25) is 0 Å². The number of nitrogens with zero attached hydrogens (tertiary/aromatic N) is 3. The van der Waals surface area contributed by atoms with Crippen LogP contribution < -0.4 is 10.2 Å². The number of likely N-dealkylation sites (N-methyl/N-ethyl adjacent to an activating group) is 1. The van der Waals surface area contributed by atoms with Gasteiger partial charge in [0.2, 0.25) is 0 Å². The van der Waals surface area contributed by atoms with Crippen molar-refractivity contribution in [2.75, 3.05) is 43.4 Å². The summed E-state index contributed by atoms with van der Waals surface area (Å²) in [7, 11) is 2.14. The van der Waals surface area contributed by atoms with Crippen LogP contribution in [0.3, 0.4) is 0 Å². The predicted molar refractivity (Wildman–Crippen MR) is 104 cm³/mol. The Morgan fingerprint density at radius 1 is 1.12 bits per heavy atom. The third-order valence-corrected chi connectivity index (χ3v) is 5.52. The molecule has 0 aliphatic carbocycles. The van der Waals surface area contributed by atoms with Crippen molar-refractivity contribution in [2.45, 2.75) is 0 Å². The number of rotatable bonds is 3. The Labute approximate surface area is 150 Å². The number of benzene rings is 1. The molecule has 1 N–H and O–H groups in total. The predicted octanol–water partition coefficient (Wildman–Crippen LogP) is 3.30. The SMILES string of the molecule is CN1CCN(c2ccc(NC(=O)c3csc4ccccc34)cn2)CC1. The van der Waals surface area contributed by atoms with E-state index in [-0.39, 0.29) is 5.91 Å². The highest BCUT2D eigenvalue weighted by Crippen LogP contribution is 2.26. The van der Waals surface area contributed by atoms with E-state index in [0.29, 0.717) is 5.56 Å². The fourth-order valence-electron chi connectivity index (χ4n) is 3.03. The zero-order valence-electron chi connectivity index (χ0n) is 14.1. The van der Waals surface area contributed by atoms with E-state index in [1.165, 1.54) is 0 Å². The number of thiophene rings is 1. The summed E-state index contributed by atoms with van der Waals surface area (Å²) in [6.45, 7) is 4.06. The molecule has 0 atom stereocenters. The standard InChI is InChI=1S/C19H20N4OS/c1-22-8-10-23(11-9-22)18-7-6-14(12-20-18)21-19(24)16-13-25-17-5-3-2-4-15(16)17/h2-7,12-13H,8-11H2,1H3,(H,21,24). The van der Waals surface area contributed by atoms with Gasteiger partial charge in [-0.05, 0) is 25.2 Å². The second kappa shape index (κ2) is 6.82. The number of nitrogens with one attached hydrogen (secondary N) is 1. The quantitative estimate of drug-likeness (QED) is 0.786. The van der Waals surface area contributed by atoms with Gasteiger partial charge in [0.05, 0.1) is 17.4 Å². The van der Waals surface area contributed by atoms with E-state index in [1.54, 1.807) is 17.5 Å². The minimum Gasteiger partial charge on any atom is -0.354 e. The van der Waals surface area contributed by atoms with Gasteiger partial charge in [0.15, 0.2) is 0 Å². The molecule has 1 aliphatic rings. The van der Waals surface area contributed by atoms with Gasteiger partial charge in [-0.3, -0.25) is 4.79 Å². The highest BCUT2D eigenvalue weighted by Gasteiger charge is 2.16. The molecule has 1 aliphatic heterocycles. The molecular formula is C19H20N4OS. The molecule has 1 saturated heterocycles. The second-order valence-corrected chi connectivity index (χ2v) is 7.21. The largest absolute Gasteiger partial charge is 0.354 e. The van der Waals surface area contributed by atoms with Crippen molar-refractivity contribution in [3.63, 3.8) is 0 Å². The number of aromatic nitrogens is 1. The van der Waals surface area contributed by atoms with Crippen molar-refractivity contribution in [3.05, 3.63) is 53.5 Å². The Morgan fingerprint density at radius 3 is 2.68 bits per heavy atom. The molecule has 25 heavy (non-hydrogen) atoms. The van der Waals surface area contributed by atoms with E-state index >= 15 is 0 Å². The highest BCUT2D eigenvalue weighted by atomic mass is 32.1. The van der Waals surface area contributed by atoms with Crippen molar-refractivity contribution in [2.24, 2.45) is 0 Å².